The van der Waals surface area contributed by atoms with Crippen molar-refractivity contribution in [2.75, 3.05) is 27.9 Å². The molecule has 0 amide bonds. The number of aromatic amines is 1. The molecular weight excluding hydrogens is 895 g/mol. The van der Waals surface area contributed by atoms with Gasteiger partial charge in [0.1, 0.15) is 0 Å². The third kappa shape index (κ3) is 11.4. The summed E-state index contributed by atoms with van der Waals surface area (Å²) < 4.78 is 24.9. The number of halogens is 1. The van der Waals surface area contributed by atoms with Crippen LogP contribution in [-0.2, 0) is 33.0 Å². The average molecular weight is 965 g/mol. The van der Waals surface area contributed by atoms with Crippen molar-refractivity contribution < 1.29 is 33.3 Å². The Balaban J connectivity index is 0.000000138. The fraction of sp³-hybridized carbons (Fsp3) is 0.509. The number of methoxy groups -OCH3 is 3. The Kier molecular flexibility index (Phi) is 17.3. The molecule has 1 atom stereocenters. The van der Waals surface area contributed by atoms with Gasteiger partial charge >= 0.3 is 17.9 Å². The molecule has 1 aliphatic heterocycles. The van der Waals surface area contributed by atoms with Gasteiger partial charge in [-0.25, -0.2) is 14.4 Å². The topological polar surface area (TPSA) is 114 Å². The minimum absolute atomic E-state index is 0.271. The summed E-state index contributed by atoms with van der Waals surface area (Å²) in [4.78, 5) is 38.2. The zero-order valence-electron chi connectivity index (χ0n) is 40.0. The highest BCUT2D eigenvalue weighted by atomic mass is 79.9. The van der Waals surface area contributed by atoms with Gasteiger partial charge in [-0.2, -0.15) is 0 Å². The maximum atomic E-state index is 11.7. The molecule has 1 N–H and O–H groups in total. The van der Waals surface area contributed by atoms with Crippen LogP contribution in [-0.4, -0.2) is 66.1 Å². The SMILES string of the molecule is CC1CCCO1.COC(=O)c1ccc2c(C3CCCCC3)c(Br)n(C)c2c1.COC(=O)c1ccc2c(C3CCCCC3)c[nH]c2c1.COC(=O)c1ccc2c(C3CCCCC3)cn(C)c2c1. The predicted molar refractivity (Wildman–Crippen MR) is 268 cm³/mol. The molecule has 0 radical (unpaired) electrons. The summed E-state index contributed by atoms with van der Waals surface area (Å²) in [7, 11) is 8.34. The van der Waals surface area contributed by atoms with Gasteiger partial charge in [0.15, 0.2) is 0 Å². The lowest BCUT2D eigenvalue weighted by molar-refractivity contribution is 0.0592. The summed E-state index contributed by atoms with van der Waals surface area (Å²) in [6, 6.07) is 17.5. The maximum Gasteiger partial charge on any atom is 0.337 e. The summed E-state index contributed by atoms with van der Waals surface area (Å²) >= 11 is 3.75. The first-order valence-electron chi connectivity index (χ1n) is 24.4. The fourth-order valence-electron chi connectivity index (χ4n) is 10.7. The number of esters is 3. The number of benzene rings is 3. The molecule has 1 unspecified atom stereocenters. The molecule has 354 valence electrons. The molecule has 4 heterocycles. The molecule has 0 spiro atoms. The lowest BCUT2D eigenvalue weighted by Gasteiger charge is -2.22. The van der Waals surface area contributed by atoms with Crippen LogP contribution in [0.5, 0.6) is 0 Å². The average Bonchev–Trinajstić information content (AvgIpc) is 4.16. The molecule has 1 saturated heterocycles. The van der Waals surface area contributed by atoms with Crippen molar-refractivity contribution in [3.63, 3.8) is 0 Å². The Hall–Kier alpha value is -4.87. The molecule has 10 nitrogen and oxygen atoms in total. The Labute approximate surface area is 399 Å². The van der Waals surface area contributed by atoms with E-state index in [1.165, 1.54) is 163 Å². The summed E-state index contributed by atoms with van der Waals surface area (Å²) in [6.45, 7) is 3.11. The molecule has 4 aliphatic rings. The van der Waals surface area contributed by atoms with E-state index in [0.29, 0.717) is 40.5 Å². The second-order valence-corrected chi connectivity index (χ2v) is 19.5. The highest BCUT2D eigenvalue weighted by molar-refractivity contribution is 9.10. The first kappa shape index (κ1) is 49.0. The van der Waals surface area contributed by atoms with E-state index in [4.69, 9.17) is 18.9 Å². The van der Waals surface area contributed by atoms with E-state index in [1.54, 1.807) is 0 Å². The van der Waals surface area contributed by atoms with Gasteiger partial charge in [-0.15, -0.1) is 0 Å². The minimum atomic E-state index is -0.284. The van der Waals surface area contributed by atoms with E-state index in [9.17, 15) is 14.4 Å². The second kappa shape index (κ2) is 23.2. The molecule has 10 rings (SSSR count). The van der Waals surface area contributed by atoms with Gasteiger partial charge in [-0.05, 0) is 145 Å². The number of hydrogen-bond donors (Lipinski definition) is 1. The van der Waals surface area contributed by atoms with Crippen LogP contribution < -0.4 is 0 Å². The van der Waals surface area contributed by atoms with Crippen molar-refractivity contribution in [2.45, 2.75) is 140 Å². The van der Waals surface area contributed by atoms with Crippen LogP contribution in [0.25, 0.3) is 32.7 Å². The van der Waals surface area contributed by atoms with Crippen LogP contribution in [0, 0.1) is 0 Å². The van der Waals surface area contributed by atoms with E-state index in [0.717, 1.165) is 27.8 Å². The van der Waals surface area contributed by atoms with Crippen molar-refractivity contribution in [3.05, 3.63) is 105 Å². The zero-order valence-corrected chi connectivity index (χ0v) is 41.6. The molecule has 0 bridgehead atoms. The van der Waals surface area contributed by atoms with Gasteiger partial charge in [0.2, 0.25) is 0 Å². The highest BCUT2D eigenvalue weighted by Gasteiger charge is 2.25. The molecule has 3 aliphatic carbocycles. The number of hydrogen-bond acceptors (Lipinski definition) is 7. The van der Waals surface area contributed by atoms with Crippen LogP contribution in [0.2, 0.25) is 0 Å². The number of aryl methyl sites for hydroxylation is 2. The van der Waals surface area contributed by atoms with E-state index in [-0.39, 0.29) is 17.9 Å². The van der Waals surface area contributed by atoms with Crippen LogP contribution in [0.3, 0.4) is 0 Å². The first-order chi connectivity index (χ1) is 32.0. The number of ether oxygens (including phenoxy) is 4. The number of carbonyl (C=O) groups is 3. The van der Waals surface area contributed by atoms with E-state index < -0.39 is 0 Å². The van der Waals surface area contributed by atoms with E-state index in [1.807, 2.05) is 49.5 Å². The smallest absolute Gasteiger partial charge is 0.337 e. The quantitative estimate of drug-likeness (QED) is 0.131. The molecule has 3 aromatic carbocycles. The predicted octanol–water partition coefficient (Wildman–Crippen LogP) is 14.0. The minimum Gasteiger partial charge on any atom is -0.465 e. The Bertz CT molecular complexity index is 2580. The number of carbonyl (C=O) groups excluding carboxylic acids is 3. The van der Waals surface area contributed by atoms with Gasteiger partial charge in [0, 0.05) is 65.8 Å². The third-order valence-electron chi connectivity index (χ3n) is 14.4. The van der Waals surface area contributed by atoms with Crippen molar-refractivity contribution >= 4 is 66.5 Å². The van der Waals surface area contributed by atoms with Crippen LogP contribution in [0.15, 0.2) is 71.6 Å². The van der Waals surface area contributed by atoms with Crippen molar-refractivity contribution in [3.8, 4) is 0 Å². The molecular formula is C55H70BrN3O7. The van der Waals surface area contributed by atoms with Crippen molar-refractivity contribution in [1.82, 2.24) is 14.1 Å². The molecule has 4 fully saturated rings. The lowest BCUT2D eigenvalue weighted by Crippen LogP contribution is -2.05. The van der Waals surface area contributed by atoms with Gasteiger partial charge in [-0.1, -0.05) is 76.0 Å². The van der Waals surface area contributed by atoms with E-state index in [2.05, 4.69) is 68.5 Å². The van der Waals surface area contributed by atoms with Gasteiger partial charge in [0.05, 0.1) is 48.7 Å². The largest absolute Gasteiger partial charge is 0.465 e. The molecule has 3 aromatic heterocycles. The first-order valence-corrected chi connectivity index (χ1v) is 25.2. The molecule has 11 heteroatoms. The van der Waals surface area contributed by atoms with Gasteiger partial charge in [-0.3, -0.25) is 0 Å². The summed E-state index contributed by atoms with van der Waals surface area (Å²) in [5, 5.41) is 3.79. The van der Waals surface area contributed by atoms with Gasteiger partial charge < -0.3 is 33.1 Å². The summed E-state index contributed by atoms with van der Waals surface area (Å²) in [5.41, 5.74) is 9.33. The second-order valence-electron chi connectivity index (χ2n) is 18.7. The monoisotopic (exact) mass is 963 g/mol. The van der Waals surface area contributed by atoms with Crippen LogP contribution in [0.4, 0.5) is 0 Å². The highest BCUT2D eigenvalue weighted by Crippen LogP contribution is 2.43. The van der Waals surface area contributed by atoms with Crippen molar-refractivity contribution in [1.29, 1.82) is 0 Å². The van der Waals surface area contributed by atoms with Crippen LogP contribution in [0.1, 0.15) is 182 Å². The molecule has 6 aromatic rings. The maximum absolute atomic E-state index is 11.7. The molecule has 66 heavy (non-hydrogen) atoms. The normalized spacial score (nSPS) is 18.1. The number of aromatic nitrogens is 3. The van der Waals surface area contributed by atoms with Gasteiger partial charge in [0.25, 0.3) is 0 Å². The Morgan fingerprint density at radius 1 is 0.591 bits per heavy atom. The number of rotatable bonds is 6. The standard InChI is InChI=1S/C17H20BrNO2.C17H21NO2.C16H19NO2.C5H10O/c1-19-14-10-12(17(20)21-2)8-9-13(14)15(16(19)18)11-6-4-3-5-7-11;1-18-11-15(12-6-4-3-5-7-12)14-9-8-13(10-16(14)18)17(19)20-2;1-19-16(18)12-7-8-13-14(10-17-15(13)9-12)11-5-3-2-4-6-11;1-5-3-2-4-6-5/h8-11H,3-7H2,1-2H3;8-12H,3-7H2,1-2H3;7-11,17H,2-6H2,1H3;5H,2-4H2,1H3. The fourth-order valence-corrected chi connectivity index (χ4v) is 11.5. The number of nitrogens with one attached hydrogen (secondary N) is 1. The number of nitrogens with zero attached hydrogens (tertiary/aromatic N) is 2. The van der Waals surface area contributed by atoms with Crippen LogP contribution >= 0.6 is 15.9 Å². The lowest BCUT2D eigenvalue weighted by atomic mass is 9.84. The van der Waals surface area contributed by atoms with Crippen molar-refractivity contribution in [2.24, 2.45) is 14.1 Å². The third-order valence-corrected chi connectivity index (χ3v) is 15.4. The zero-order chi connectivity index (χ0) is 46.7. The Morgan fingerprint density at radius 2 is 1.08 bits per heavy atom. The Morgan fingerprint density at radius 3 is 1.58 bits per heavy atom. The van der Waals surface area contributed by atoms with E-state index >= 15 is 0 Å². The number of fused-ring (bicyclic) bond motifs is 3. The summed E-state index contributed by atoms with van der Waals surface area (Å²) in [6.07, 6.45) is 27.1. The number of H-pyrrole nitrogens is 1. The summed E-state index contributed by atoms with van der Waals surface area (Å²) in [5.74, 6) is 1.14. The molecule has 3 saturated carbocycles.